The number of carbonyl (C=O) groups is 2. The fourth-order valence-corrected chi connectivity index (χ4v) is 4.11. The van der Waals surface area contributed by atoms with Gasteiger partial charge in [0.2, 0.25) is 0 Å². The van der Waals surface area contributed by atoms with Gasteiger partial charge in [0, 0.05) is 16.7 Å². The first-order valence-corrected chi connectivity index (χ1v) is 10.4. The third-order valence-electron chi connectivity index (χ3n) is 5.76. The maximum Gasteiger partial charge on any atom is 0.264 e. The number of hydrogen-bond donors (Lipinski definition) is 1. The molecule has 0 bridgehead atoms. The molecule has 1 amide bonds. The van der Waals surface area contributed by atoms with Crippen molar-refractivity contribution in [2.45, 2.75) is 38.3 Å². The first-order chi connectivity index (χ1) is 14.9. The Kier molecular flexibility index (Phi) is 5.70. The number of Topliss-reactive ketones (excluding diaryl/α,β-unsaturated/α-hetero) is 1. The summed E-state index contributed by atoms with van der Waals surface area (Å²) < 4.78 is 14.2. The van der Waals surface area contributed by atoms with Crippen molar-refractivity contribution < 1.29 is 19.1 Å². The molecule has 1 aliphatic rings. The van der Waals surface area contributed by atoms with Crippen LogP contribution in [0.4, 0.5) is 10.1 Å². The molecule has 0 fully saturated rings. The van der Waals surface area contributed by atoms with Gasteiger partial charge in [-0.25, -0.2) is 4.39 Å². The minimum Gasteiger partial charge on any atom is -0.375 e. The average molecular weight is 417 g/mol. The molecule has 3 aromatic carbocycles. The van der Waals surface area contributed by atoms with Crippen LogP contribution in [-0.2, 0) is 23.4 Å². The number of rotatable bonds is 7. The van der Waals surface area contributed by atoms with E-state index in [9.17, 15) is 19.1 Å². The molecule has 1 N–H and O–H groups in total. The number of anilines is 1. The van der Waals surface area contributed by atoms with E-state index in [-0.39, 0.29) is 18.7 Å². The quantitative estimate of drug-likeness (QED) is 0.563. The van der Waals surface area contributed by atoms with Crippen LogP contribution in [0.15, 0.2) is 72.8 Å². The number of amides is 1. The largest absolute Gasteiger partial charge is 0.375 e. The van der Waals surface area contributed by atoms with Crippen molar-refractivity contribution >= 4 is 17.4 Å². The lowest BCUT2D eigenvalue weighted by Crippen LogP contribution is -2.41. The Labute approximate surface area is 181 Å². The second kappa shape index (κ2) is 8.44. The smallest absolute Gasteiger partial charge is 0.264 e. The standard InChI is InChI=1S/C26H24FNO3/c1-2-7-18-12-14-19(15-13-18)24(29)16-26(31)21-9-4-6-11-23(21)28(25(26)30)17-20-8-3-5-10-22(20)27/h3-6,8-15,31H,2,7,16-17H2,1H3. The van der Waals surface area contributed by atoms with E-state index in [0.717, 1.165) is 18.4 Å². The molecule has 158 valence electrons. The number of benzene rings is 3. The minimum absolute atomic E-state index is 0.0231. The Morgan fingerprint density at radius 3 is 2.39 bits per heavy atom. The van der Waals surface area contributed by atoms with E-state index in [1.807, 2.05) is 12.1 Å². The van der Waals surface area contributed by atoms with Gasteiger partial charge in [0.1, 0.15) is 5.82 Å². The van der Waals surface area contributed by atoms with Crippen LogP contribution >= 0.6 is 0 Å². The van der Waals surface area contributed by atoms with Crippen molar-refractivity contribution in [1.82, 2.24) is 0 Å². The van der Waals surface area contributed by atoms with Crippen molar-refractivity contribution in [2.24, 2.45) is 0 Å². The molecule has 1 unspecified atom stereocenters. The Balaban J connectivity index is 1.63. The number of hydrogen-bond acceptors (Lipinski definition) is 3. The van der Waals surface area contributed by atoms with Gasteiger partial charge in [0.25, 0.3) is 5.91 Å². The van der Waals surface area contributed by atoms with Crippen LogP contribution in [-0.4, -0.2) is 16.8 Å². The highest BCUT2D eigenvalue weighted by Gasteiger charge is 2.50. The van der Waals surface area contributed by atoms with Crippen molar-refractivity contribution in [2.75, 3.05) is 4.90 Å². The fraction of sp³-hybridized carbons (Fsp3) is 0.231. The molecule has 0 aliphatic carbocycles. The summed E-state index contributed by atoms with van der Waals surface area (Å²) >= 11 is 0. The van der Waals surface area contributed by atoms with Crippen molar-refractivity contribution in [1.29, 1.82) is 0 Å². The molecule has 0 saturated carbocycles. The highest BCUT2D eigenvalue weighted by atomic mass is 19.1. The van der Waals surface area contributed by atoms with E-state index >= 15 is 0 Å². The Morgan fingerprint density at radius 2 is 1.68 bits per heavy atom. The number of aliphatic hydroxyl groups is 1. The molecule has 4 rings (SSSR count). The summed E-state index contributed by atoms with van der Waals surface area (Å²) in [4.78, 5) is 27.6. The molecule has 31 heavy (non-hydrogen) atoms. The van der Waals surface area contributed by atoms with Gasteiger partial charge in [0.05, 0.1) is 18.7 Å². The summed E-state index contributed by atoms with van der Waals surface area (Å²) in [6.07, 6.45) is 1.56. The zero-order valence-corrected chi connectivity index (χ0v) is 17.3. The summed E-state index contributed by atoms with van der Waals surface area (Å²) in [6, 6.07) is 20.3. The molecule has 1 aliphatic heterocycles. The number of carbonyl (C=O) groups excluding carboxylic acids is 2. The number of fused-ring (bicyclic) bond motifs is 1. The van der Waals surface area contributed by atoms with Crippen LogP contribution in [0.2, 0.25) is 0 Å². The first-order valence-electron chi connectivity index (χ1n) is 10.4. The number of ketones is 1. The maximum atomic E-state index is 14.2. The Morgan fingerprint density at radius 1 is 1.00 bits per heavy atom. The molecular formula is C26H24FNO3. The molecule has 0 aromatic heterocycles. The first kappa shape index (κ1) is 20.9. The highest BCUT2D eigenvalue weighted by molar-refractivity contribution is 6.10. The lowest BCUT2D eigenvalue weighted by Gasteiger charge is -2.23. The van der Waals surface area contributed by atoms with Crippen LogP contribution in [0.25, 0.3) is 0 Å². The predicted octanol–water partition coefficient (Wildman–Crippen LogP) is 4.79. The average Bonchev–Trinajstić information content (AvgIpc) is 2.98. The number of nitrogens with zero attached hydrogens (tertiary/aromatic N) is 1. The van der Waals surface area contributed by atoms with Gasteiger partial charge >= 0.3 is 0 Å². The molecular weight excluding hydrogens is 393 g/mol. The molecule has 0 spiro atoms. The molecule has 5 heteroatoms. The summed E-state index contributed by atoms with van der Waals surface area (Å²) in [7, 11) is 0. The summed E-state index contributed by atoms with van der Waals surface area (Å²) in [5, 5.41) is 11.4. The zero-order chi connectivity index (χ0) is 22.0. The monoisotopic (exact) mass is 417 g/mol. The van der Waals surface area contributed by atoms with Crippen LogP contribution in [0.5, 0.6) is 0 Å². The molecule has 0 radical (unpaired) electrons. The van der Waals surface area contributed by atoms with E-state index in [2.05, 4.69) is 6.92 Å². The number of para-hydroxylation sites is 1. The SMILES string of the molecule is CCCc1ccc(C(=O)CC2(O)C(=O)N(Cc3ccccc3F)c3ccccc32)cc1. The molecule has 4 nitrogen and oxygen atoms in total. The Bertz CT molecular complexity index is 1130. The van der Waals surface area contributed by atoms with Crippen molar-refractivity contribution in [3.63, 3.8) is 0 Å². The van der Waals surface area contributed by atoms with Gasteiger partial charge in [-0.2, -0.15) is 0 Å². The number of halogens is 1. The molecule has 1 atom stereocenters. The van der Waals surface area contributed by atoms with Gasteiger partial charge in [-0.3, -0.25) is 9.59 Å². The van der Waals surface area contributed by atoms with Crippen molar-refractivity contribution in [3.8, 4) is 0 Å². The lowest BCUT2D eigenvalue weighted by atomic mass is 9.88. The van der Waals surface area contributed by atoms with Crippen LogP contribution in [0.1, 0.15) is 46.8 Å². The molecule has 3 aromatic rings. The van der Waals surface area contributed by atoms with E-state index in [4.69, 9.17) is 0 Å². The topological polar surface area (TPSA) is 57.6 Å². The van der Waals surface area contributed by atoms with Crippen LogP contribution in [0.3, 0.4) is 0 Å². The number of aryl methyl sites for hydroxylation is 1. The summed E-state index contributed by atoms with van der Waals surface area (Å²) in [5.74, 6) is -1.36. The summed E-state index contributed by atoms with van der Waals surface area (Å²) in [6.45, 7) is 2.07. The van der Waals surface area contributed by atoms with E-state index in [1.165, 1.54) is 11.0 Å². The zero-order valence-electron chi connectivity index (χ0n) is 17.3. The Hall–Kier alpha value is -3.31. The fourth-order valence-electron chi connectivity index (χ4n) is 4.11. The van der Waals surface area contributed by atoms with Crippen LogP contribution in [0, 0.1) is 5.82 Å². The van der Waals surface area contributed by atoms with E-state index in [0.29, 0.717) is 22.4 Å². The lowest BCUT2D eigenvalue weighted by molar-refractivity contribution is -0.136. The van der Waals surface area contributed by atoms with Gasteiger partial charge in [0.15, 0.2) is 11.4 Å². The second-order valence-corrected chi connectivity index (χ2v) is 7.91. The minimum atomic E-state index is -1.99. The maximum absolute atomic E-state index is 14.2. The van der Waals surface area contributed by atoms with Gasteiger partial charge < -0.3 is 10.0 Å². The predicted molar refractivity (Wildman–Crippen MR) is 117 cm³/mol. The van der Waals surface area contributed by atoms with Gasteiger partial charge in [-0.15, -0.1) is 0 Å². The van der Waals surface area contributed by atoms with E-state index in [1.54, 1.807) is 54.6 Å². The molecule has 0 saturated heterocycles. The van der Waals surface area contributed by atoms with Gasteiger partial charge in [-0.05, 0) is 24.1 Å². The second-order valence-electron chi connectivity index (χ2n) is 7.91. The van der Waals surface area contributed by atoms with Crippen LogP contribution < -0.4 is 4.90 Å². The highest BCUT2D eigenvalue weighted by Crippen LogP contribution is 2.43. The third-order valence-corrected chi connectivity index (χ3v) is 5.76. The normalized spacial score (nSPS) is 17.6. The third kappa shape index (κ3) is 3.89. The van der Waals surface area contributed by atoms with E-state index < -0.39 is 17.3 Å². The van der Waals surface area contributed by atoms with Crippen molar-refractivity contribution in [3.05, 3.63) is 101 Å². The van der Waals surface area contributed by atoms with Gasteiger partial charge in [-0.1, -0.05) is 74.0 Å². The summed E-state index contributed by atoms with van der Waals surface area (Å²) in [5.41, 5.74) is 0.799. The molecule has 1 heterocycles.